The largest absolute Gasteiger partial charge is 2.00 e. The minimum absolute atomic E-state index is 0. The molecule has 0 saturated heterocycles. The Morgan fingerprint density at radius 1 is 1.14 bits per heavy atom. The first-order valence-corrected chi connectivity index (χ1v) is 2.81. The average Bonchev–Trinajstić information content (AvgIpc) is 2.35. The Hall–Kier alpha value is -1.64. The first kappa shape index (κ1) is 18.2. The summed E-state index contributed by atoms with van der Waals surface area (Å²) >= 11 is 0. The van der Waals surface area contributed by atoms with Crippen LogP contribution in [0.2, 0.25) is 0 Å². The molecule has 0 spiro atoms. The van der Waals surface area contributed by atoms with Gasteiger partial charge >= 0.3 is 16.5 Å². The molecule has 84 valence electrons. The van der Waals surface area contributed by atoms with E-state index in [2.05, 4.69) is 10.3 Å². The van der Waals surface area contributed by atoms with Crippen molar-refractivity contribution >= 4 is 6.34 Å². The molecule has 1 rings (SSSR count). The molecule has 0 unspecified atom stereocenters. The smallest absolute Gasteiger partial charge is 0.375 e. The first-order chi connectivity index (χ1) is 5.96. The average molecular weight is 253 g/mol. The molecule has 0 bridgehead atoms. The SMILES string of the molecule is C1=NCCN1.O=[N+]([O-])[O-].O=[N+]([O-])[O-].[Ni+2]. The molecule has 1 aliphatic heterocycles. The molecule has 0 aromatic carbocycles. The Morgan fingerprint density at radius 3 is 1.57 bits per heavy atom. The van der Waals surface area contributed by atoms with Crippen LogP contribution in [0.15, 0.2) is 4.99 Å². The molecule has 1 aliphatic rings. The fraction of sp³-hybridized carbons (Fsp3) is 0.667. The number of hydrogen-bond donors (Lipinski definition) is 1. The molecule has 1 heterocycles. The summed E-state index contributed by atoms with van der Waals surface area (Å²) in [6.07, 6.45) is 1.74. The van der Waals surface area contributed by atoms with Crippen LogP contribution in [0.3, 0.4) is 0 Å². The van der Waals surface area contributed by atoms with Gasteiger partial charge in [0.25, 0.3) is 0 Å². The van der Waals surface area contributed by atoms with Crippen LogP contribution in [0.5, 0.6) is 0 Å². The molecule has 11 heteroatoms. The summed E-state index contributed by atoms with van der Waals surface area (Å²) in [4.78, 5) is 20.3. The van der Waals surface area contributed by atoms with E-state index in [0.717, 1.165) is 13.1 Å². The summed E-state index contributed by atoms with van der Waals surface area (Å²) in [6, 6.07) is 0. The molecular formula is C3H6N4NiO6. The molecule has 0 aromatic rings. The molecule has 14 heavy (non-hydrogen) atoms. The molecule has 0 amide bonds. The van der Waals surface area contributed by atoms with Gasteiger partial charge in [0.2, 0.25) is 0 Å². The van der Waals surface area contributed by atoms with Gasteiger partial charge < -0.3 is 36.0 Å². The first-order valence-electron chi connectivity index (χ1n) is 2.81. The van der Waals surface area contributed by atoms with Crippen LogP contribution in [0.4, 0.5) is 0 Å². The van der Waals surface area contributed by atoms with Crippen molar-refractivity contribution in [1.29, 1.82) is 0 Å². The Labute approximate surface area is 87.8 Å². The minimum atomic E-state index is -1.75. The number of rotatable bonds is 0. The van der Waals surface area contributed by atoms with Gasteiger partial charge in [-0.1, -0.05) is 0 Å². The van der Waals surface area contributed by atoms with Gasteiger partial charge in [-0.2, -0.15) is 0 Å². The maximum atomic E-state index is 8.25. The van der Waals surface area contributed by atoms with Crippen LogP contribution >= 0.6 is 0 Å². The summed E-state index contributed by atoms with van der Waals surface area (Å²) < 4.78 is 0. The van der Waals surface area contributed by atoms with E-state index < -0.39 is 10.2 Å². The van der Waals surface area contributed by atoms with Crippen LogP contribution < -0.4 is 5.32 Å². The fourth-order valence-electron chi connectivity index (χ4n) is 0.323. The fourth-order valence-corrected chi connectivity index (χ4v) is 0.323. The normalized spacial score (nSPS) is 10.3. The number of aliphatic imine (C=N–C) groups is 1. The maximum absolute atomic E-state index is 8.25. The van der Waals surface area contributed by atoms with Crippen LogP contribution in [0, 0.1) is 30.6 Å². The zero-order chi connectivity index (χ0) is 10.7. The number of nitrogens with one attached hydrogen (secondary N) is 1. The van der Waals surface area contributed by atoms with Crippen molar-refractivity contribution < 1.29 is 26.7 Å². The Morgan fingerprint density at radius 2 is 1.50 bits per heavy atom. The van der Waals surface area contributed by atoms with E-state index in [0.29, 0.717) is 0 Å². The third-order valence-corrected chi connectivity index (χ3v) is 0.568. The van der Waals surface area contributed by atoms with Crippen molar-refractivity contribution in [1.82, 2.24) is 5.32 Å². The third kappa shape index (κ3) is 80.3. The molecule has 0 aliphatic carbocycles. The second-order valence-electron chi connectivity index (χ2n) is 1.44. The van der Waals surface area contributed by atoms with E-state index in [1.165, 1.54) is 0 Å². The molecule has 1 N–H and O–H groups in total. The number of hydrogen-bond acceptors (Lipinski definition) is 8. The maximum Gasteiger partial charge on any atom is 2.00 e. The third-order valence-electron chi connectivity index (χ3n) is 0.568. The summed E-state index contributed by atoms with van der Waals surface area (Å²) in [5, 5.41) is 32.4. The zero-order valence-electron chi connectivity index (χ0n) is 6.60. The predicted octanol–water partition coefficient (Wildman–Crippen LogP) is -0.863. The topological polar surface area (TPSA) is 157 Å². The molecule has 0 radical (unpaired) electrons. The van der Waals surface area contributed by atoms with Gasteiger partial charge in [0.15, 0.2) is 0 Å². The van der Waals surface area contributed by atoms with Crippen molar-refractivity contribution in [3.8, 4) is 0 Å². The van der Waals surface area contributed by atoms with Gasteiger partial charge in [0, 0.05) is 6.54 Å². The van der Waals surface area contributed by atoms with Crippen molar-refractivity contribution in [2.75, 3.05) is 13.1 Å². The van der Waals surface area contributed by atoms with Crippen LogP contribution in [0.1, 0.15) is 0 Å². The summed E-state index contributed by atoms with van der Waals surface area (Å²) in [5.74, 6) is 0. The van der Waals surface area contributed by atoms with Crippen LogP contribution in [-0.2, 0) is 16.5 Å². The molecule has 0 aromatic heterocycles. The van der Waals surface area contributed by atoms with Gasteiger partial charge in [-0.3, -0.25) is 4.99 Å². The van der Waals surface area contributed by atoms with E-state index in [1.807, 2.05) is 0 Å². The predicted molar refractivity (Wildman–Crippen MR) is 42.1 cm³/mol. The quantitative estimate of drug-likeness (QED) is 0.334. The van der Waals surface area contributed by atoms with Crippen molar-refractivity contribution in [2.45, 2.75) is 0 Å². The van der Waals surface area contributed by atoms with E-state index >= 15 is 0 Å². The van der Waals surface area contributed by atoms with Gasteiger partial charge in [-0.25, -0.2) is 0 Å². The minimum Gasteiger partial charge on any atom is -0.375 e. The standard InChI is InChI=1S/C3H6N2.2NO3.Ni/c1-2-5-3-4-1;2*2-1(3)4;/h3H,1-2H2,(H,4,5);;;/q;2*-1;+2. The summed E-state index contributed by atoms with van der Waals surface area (Å²) in [6.45, 7) is 1.99. The molecule has 0 atom stereocenters. The van der Waals surface area contributed by atoms with Crippen LogP contribution in [-0.4, -0.2) is 29.6 Å². The second kappa shape index (κ2) is 13.9. The van der Waals surface area contributed by atoms with Crippen molar-refractivity contribution in [2.24, 2.45) is 4.99 Å². The van der Waals surface area contributed by atoms with Gasteiger partial charge in [-0.15, -0.1) is 0 Å². The summed E-state index contributed by atoms with van der Waals surface area (Å²) in [5.41, 5.74) is 0. The van der Waals surface area contributed by atoms with E-state index in [1.54, 1.807) is 6.34 Å². The molecular weight excluding hydrogens is 247 g/mol. The van der Waals surface area contributed by atoms with Crippen molar-refractivity contribution in [3.05, 3.63) is 30.6 Å². The van der Waals surface area contributed by atoms with E-state index in [4.69, 9.17) is 30.6 Å². The summed E-state index contributed by atoms with van der Waals surface area (Å²) in [7, 11) is 0. The Balaban J connectivity index is -0.000000127. The Kier molecular flexibility index (Phi) is 18.1. The Bertz CT molecular complexity index is 160. The molecule has 10 nitrogen and oxygen atoms in total. The van der Waals surface area contributed by atoms with E-state index in [9.17, 15) is 0 Å². The monoisotopic (exact) mass is 252 g/mol. The zero-order valence-corrected chi connectivity index (χ0v) is 7.59. The number of nitrogens with zero attached hydrogens (tertiary/aromatic N) is 3. The molecule has 0 saturated carbocycles. The van der Waals surface area contributed by atoms with Gasteiger partial charge in [-0.05, 0) is 0 Å². The van der Waals surface area contributed by atoms with Gasteiger partial charge in [0.05, 0.1) is 23.1 Å². The van der Waals surface area contributed by atoms with E-state index in [-0.39, 0.29) is 16.5 Å². The van der Waals surface area contributed by atoms with Crippen LogP contribution in [0.25, 0.3) is 0 Å². The van der Waals surface area contributed by atoms with Gasteiger partial charge in [0.1, 0.15) is 0 Å². The second-order valence-corrected chi connectivity index (χ2v) is 1.44. The molecule has 0 fully saturated rings. The van der Waals surface area contributed by atoms with Crippen molar-refractivity contribution in [3.63, 3.8) is 0 Å².